The molecule has 0 saturated carbocycles. The lowest BCUT2D eigenvalue weighted by atomic mass is 10.0. The first-order valence-corrected chi connectivity index (χ1v) is 7.15. The van der Waals surface area contributed by atoms with Crippen LogP contribution in [0.4, 0.5) is 11.4 Å². The van der Waals surface area contributed by atoms with E-state index >= 15 is 0 Å². The molecule has 2 N–H and O–H groups in total. The van der Waals surface area contributed by atoms with Gasteiger partial charge in [0.1, 0.15) is 5.69 Å². The highest BCUT2D eigenvalue weighted by molar-refractivity contribution is 5.93. The lowest BCUT2D eigenvalue weighted by molar-refractivity contribution is 0.0686. The van der Waals surface area contributed by atoms with Crippen molar-refractivity contribution in [2.75, 3.05) is 5.32 Å². The van der Waals surface area contributed by atoms with E-state index < -0.39 is 5.97 Å². The summed E-state index contributed by atoms with van der Waals surface area (Å²) < 4.78 is 4.92. The quantitative estimate of drug-likeness (QED) is 0.755. The maximum atomic E-state index is 11.1. The average molecular weight is 319 g/mol. The summed E-state index contributed by atoms with van der Waals surface area (Å²) in [5, 5.41) is 24.5. The van der Waals surface area contributed by atoms with Crippen molar-refractivity contribution in [3.8, 4) is 17.2 Å². The molecule has 2 aromatic carbocycles. The van der Waals surface area contributed by atoms with Crippen LogP contribution < -0.4 is 5.32 Å². The number of nitriles is 1. The van der Waals surface area contributed by atoms with Gasteiger partial charge in [-0.3, -0.25) is 0 Å². The Hall–Kier alpha value is -3.59. The maximum Gasteiger partial charge on any atom is 0.360 e. The van der Waals surface area contributed by atoms with E-state index in [4.69, 9.17) is 14.9 Å². The summed E-state index contributed by atoms with van der Waals surface area (Å²) in [4.78, 5) is 11.1. The van der Waals surface area contributed by atoms with Gasteiger partial charge in [0.25, 0.3) is 0 Å². The fourth-order valence-corrected chi connectivity index (χ4v) is 2.29. The van der Waals surface area contributed by atoms with Crippen LogP contribution in [0.3, 0.4) is 0 Å². The van der Waals surface area contributed by atoms with Crippen LogP contribution in [0.2, 0.25) is 0 Å². The van der Waals surface area contributed by atoms with E-state index in [0.717, 1.165) is 16.8 Å². The highest BCUT2D eigenvalue weighted by Gasteiger charge is 2.19. The molecule has 1 aromatic heterocycles. The van der Waals surface area contributed by atoms with Crippen molar-refractivity contribution in [2.24, 2.45) is 0 Å². The van der Waals surface area contributed by atoms with Crippen LogP contribution in [0.1, 0.15) is 21.8 Å². The second kappa shape index (κ2) is 6.26. The molecule has 0 aliphatic heterocycles. The summed E-state index contributed by atoms with van der Waals surface area (Å²) in [5.74, 6) is -0.743. The number of carboxylic acids is 1. The SMILES string of the molecule is Cc1onc(C(=O)O)c1Nc1ccc(-c2ccc(C#N)cc2)cc1. The molecule has 3 aromatic rings. The molecule has 1 heterocycles. The number of rotatable bonds is 4. The van der Waals surface area contributed by atoms with Crippen molar-refractivity contribution in [2.45, 2.75) is 6.92 Å². The lowest BCUT2D eigenvalue weighted by Crippen LogP contribution is -2.02. The van der Waals surface area contributed by atoms with Gasteiger partial charge in [-0.1, -0.05) is 29.4 Å². The molecule has 0 bridgehead atoms. The van der Waals surface area contributed by atoms with Gasteiger partial charge in [-0.05, 0) is 42.3 Å². The number of nitrogens with one attached hydrogen (secondary N) is 1. The van der Waals surface area contributed by atoms with Crippen molar-refractivity contribution in [3.05, 3.63) is 65.5 Å². The summed E-state index contributed by atoms with van der Waals surface area (Å²) in [6.45, 7) is 1.65. The van der Waals surface area contributed by atoms with Gasteiger partial charge in [0.05, 0.1) is 11.6 Å². The molecule has 0 atom stereocenters. The maximum absolute atomic E-state index is 11.1. The highest BCUT2D eigenvalue weighted by Crippen LogP contribution is 2.27. The second-order valence-corrected chi connectivity index (χ2v) is 5.16. The number of hydrogen-bond acceptors (Lipinski definition) is 5. The van der Waals surface area contributed by atoms with E-state index in [2.05, 4.69) is 16.5 Å². The van der Waals surface area contributed by atoms with Gasteiger partial charge in [0, 0.05) is 5.69 Å². The molecule has 0 spiro atoms. The Labute approximate surface area is 138 Å². The third kappa shape index (κ3) is 2.96. The van der Waals surface area contributed by atoms with Crippen molar-refractivity contribution >= 4 is 17.3 Å². The first-order chi connectivity index (χ1) is 11.6. The molecule has 6 nitrogen and oxygen atoms in total. The van der Waals surface area contributed by atoms with E-state index in [0.29, 0.717) is 17.0 Å². The lowest BCUT2D eigenvalue weighted by Gasteiger charge is -2.07. The Morgan fingerprint density at radius 3 is 2.25 bits per heavy atom. The molecule has 0 saturated heterocycles. The van der Waals surface area contributed by atoms with E-state index in [9.17, 15) is 4.79 Å². The van der Waals surface area contributed by atoms with E-state index in [1.54, 1.807) is 19.1 Å². The molecule has 0 aliphatic rings. The van der Waals surface area contributed by atoms with Gasteiger partial charge in [-0.2, -0.15) is 5.26 Å². The smallest absolute Gasteiger partial charge is 0.360 e. The number of aromatic carboxylic acids is 1. The number of aromatic nitrogens is 1. The molecule has 0 radical (unpaired) electrons. The first kappa shape index (κ1) is 15.3. The predicted molar refractivity (Wildman–Crippen MR) is 88.1 cm³/mol. The summed E-state index contributed by atoms with van der Waals surface area (Å²) in [5.41, 5.74) is 3.51. The summed E-state index contributed by atoms with van der Waals surface area (Å²) in [7, 11) is 0. The van der Waals surface area contributed by atoms with Crippen LogP contribution in [-0.2, 0) is 0 Å². The number of aryl methyl sites for hydroxylation is 1. The number of hydrogen-bond donors (Lipinski definition) is 2. The zero-order valence-electron chi connectivity index (χ0n) is 12.8. The van der Waals surface area contributed by atoms with Gasteiger partial charge in [0.15, 0.2) is 5.76 Å². The van der Waals surface area contributed by atoms with Crippen molar-refractivity contribution in [3.63, 3.8) is 0 Å². The Morgan fingerprint density at radius 2 is 1.71 bits per heavy atom. The zero-order chi connectivity index (χ0) is 17.1. The third-order valence-electron chi connectivity index (χ3n) is 3.57. The van der Waals surface area contributed by atoms with Gasteiger partial charge in [-0.15, -0.1) is 0 Å². The molecule has 6 heteroatoms. The number of nitrogens with zero attached hydrogens (tertiary/aromatic N) is 2. The normalized spacial score (nSPS) is 10.2. The van der Waals surface area contributed by atoms with Gasteiger partial charge >= 0.3 is 5.97 Å². The van der Waals surface area contributed by atoms with Crippen LogP contribution in [0.5, 0.6) is 0 Å². The van der Waals surface area contributed by atoms with Crippen LogP contribution >= 0.6 is 0 Å². The molecule has 0 amide bonds. The topological polar surface area (TPSA) is 99.2 Å². The highest BCUT2D eigenvalue weighted by atomic mass is 16.5. The molecule has 0 aliphatic carbocycles. The summed E-state index contributed by atoms with van der Waals surface area (Å²) >= 11 is 0. The molecule has 3 rings (SSSR count). The molecular formula is C18H13N3O3. The molecule has 118 valence electrons. The van der Waals surface area contributed by atoms with E-state index in [1.165, 1.54) is 0 Å². The van der Waals surface area contributed by atoms with Crippen LogP contribution in [0.15, 0.2) is 53.1 Å². The van der Waals surface area contributed by atoms with Crippen molar-refractivity contribution in [1.82, 2.24) is 5.16 Å². The third-order valence-corrected chi connectivity index (χ3v) is 3.57. The Bertz CT molecular complexity index is 920. The summed E-state index contributed by atoms with van der Waals surface area (Å²) in [6.07, 6.45) is 0. The summed E-state index contributed by atoms with van der Waals surface area (Å²) in [6, 6.07) is 16.9. The second-order valence-electron chi connectivity index (χ2n) is 5.16. The Kier molecular flexibility index (Phi) is 4.00. The Morgan fingerprint density at radius 1 is 1.12 bits per heavy atom. The fourth-order valence-electron chi connectivity index (χ4n) is 2.29. The van der Waals surface area contributed by atoms with Crippen LogP contribution in [0, 0.1) is 18.3 Å². The first-order valence-electron chi connectivity index (χ1n) is 7.15. The Balaban J connectivity index is 1.84. The van der Waals surface area contributed by atoms with E-state index in [1.807, 2.05) is 36.4 Å². The van der Waals surface area contributed by atoms with Crippen LogP contribution in [-0.4, -0.2) is 16.2 Å². The van der Waals surface area contributed by atoms with Crippen molar-refractivity contribution < 1.29 is 14.4 Å². The van der Waals surface area contributed by atoms with Gasteiger partial charge < -0.3 is 14.9 Å². The molecular weight excluding hydrogens is 306 g/mol. The molecule has 0 fully saturated rings. The zero-order valence-corrected chi connectivity index (χ0v) is 12.8. The largest absolute Gasteiger partial charge is 0.476 e. The average Bonchev–Trinajstić information content (AvgIpc) is 2.97. The minimum absolute atomic E-state index is 0.149. The number of anilines is 2. The monoisotopic (exact) mass is 319 g/mol. The number of carboxylic acid groups (broad SMARTS) is 1. The standard InChI is InChI=1S/C18H13N3O3/c1-11-16(17(18(22)23)21-24-11)20-15-8-6-14(7-9-15)13-4-2-12(10-19)3-5-13/h2-9,20H,1H3,(H,22,23). The predicted octanol–water partition coefficient (Wildman–Crippen LogP) is 3.96. The van der Waals surface area contributed by atoms with Crippen molar-refractivity contribution in [1.29, 1.82) is 5.26 Å². The molecule has 0 unspecified atom stereocenters. The minimum atomic E-state index is -1.15. The fraction of sp³-hybridized carbons (Fsp3) is 0.0556. The van der Waals surface area contributed by atoms with Crippen LogP contribution in [0.25, 0.3) is 11.1 Å². The number of carbonyl (C=O) groups is 1. The van der Waals surface area contributed by atoms with Gasteiger partial charge in [0.2, 0.25) is 5.69 Å². The number of benzene rings is 2. The minimum Gasteiger partial charge on any atom is -0.476 e. The van der Waals surface area contributed by atoms with Gasteiger partial charge in [-0.25, -0.2) is 4.79 Å². The molecule has 24 heavy (non-hydrogen) atoms. The van der Waals surface area contributed by atoms with E-state index in [-0.39, 0.29) is 5.69 Å².